The third kappa shape index (κ3) is 2.30. The van der Waals surface area contributed by atoms with Gasteiger partial charge in [-0.05, 0) is 24.3 Å². The Balaban J connectivity index is 2.02. The first-order valence-corrected chi connectivity index (χ1v) is 6.57. The highest BCUT2D eigenvalue weighted by Crippen LogP contribution is 2.30. The molecule has 2 N–H and O–H groups in total. The minimum Gasteiger partial charge on any atom is -0.451 e. The van der Waals surface area contributed by atoms with Crippen LogP contribution in [0.4, 0.5) is 5.69 Å². The van der Waals surface area contributed by atoms with Crippen LogP contribution in [-0.2, 0) is 0 Å². The average molecular weight is 300 g/mol. The van der Waals surface area contributed by atoms with E-state index in [9.17, 15) is 9.59 Å². The highest BCUT2D eigenvalue weighted by atomic mass is 35.5. The molecule has 0 saturated heterocycles. The zero-order chi connectivity index (χ0) is 15.0. The van der Waals surface area contributed by atoms with Crippen LogP contribution in [0, 0.1) is 0 Å². The minimum absolute atomic E-state index is 0.162. The van der Waals surface area contributed by atoms with Gasteiger partial charge in [0, 0.05) is 16.8 Å². The molecule has 0 radical (unpaired) electrons. The molecule has 0 heterocycles. The van der Waals surface area contributed by atoms with Crippen molar-refractivity contribution < 1.29 is 14.3 Å². The minimum atomic E-state index is -0.419. The summed E-state index contributed by atoms with van der Waals surface area (Å²) < 4.78 is 5.48. The van der Waals surface area contributed by atoms with Gasteiger partial charge < -0.3 is 10.5 Å². The van der Waals surface area contributed by atoms with Gasteiger partial charge in [-0.2, -0.15) is 0 Å². The van der Waals surface area contributed by atoms with Crippen LogP contribution in [0.25, 0.3) is 0 Å². The molecular weight excluding hydrogens is 290 g/mol. The van der Waals surface area contributed by atoms with E-state index in [4.69, 9.17) is 22.1 Å². The Hall–Kier alpha value is -2.59. The van der Waals surface area contributed by atoms with Crippen molar-refractivity contribution in [2.75, 3.05) is 5.73 Å². The number of allylic oxidation sites excluding steroid dienone is 2. The molecule has 3 rings (SSSR count). The van der Waals surface area contributed by atoms with Crippen molar-refractivity contribution in [1.29, 1.82) is 0 Å². The van der Waals surface area contributed by atoms with Crippen LogP contribution >= 0.6 is 11.6 Å². The Kier molecular flexibility index (Phi) is 3.23. The summed E-state index contributed by atoms with van der Waals surface area (Å²) in [5.74, 6) is -0.604. The summed E-state index contributed by atoms with van der Waals surface area (Å²) in [7, 11) is 0. The normalized spacial score (nSPS) is 14.1. The number of anilines is 1. The van der Waals surface area contributed by atoms with Crippen molar-refractivity contribution in [3.63, 3.8) is 0 Å². The summed E-state index contributed by atoms with van der Waals surface area (Å²) in [6.45, 7) is 0. The SMILES string of the molecule is Nc1ccc(OC2=C(Cl)C(=O)c3ccccc3C2=O)cc1. The number of rotatable bonds is 2. The number of nitrogens with two attached hydrogens (primary N) is 1. The van der Waals surface area contributed by atoms with Crippen molar-refractivity contribution in [3.8, 4) is 5.75 Å². The Bertz CT molecular complexity index is 778. The fraction of sp³-hybridized carbons (Fsp3) is 0. The fourth-order valence-electron chi connectivity index (χ4n) is 2.07. The molecule has 0 saturated carbocycles. The third-order valence-electron chi connectivity index (χ3n) is 3.12. The first kappa shape index (κ1) is 13.4. The number of hydrogen-bond acceptors (Lipinski definition) is 4. The van der Waals surface area contributed by atoms with Crippen molar-refractivity contribution in [2.24, 2.45) is 0 Å². The highest BCUT2D eigenvalue weighted by molar-refractivity contribution is 6.49. The maximum Gasteiger partial charge on any atom is 0.230 e. The van der Waals surface area contributed by atoms with Gasteiger partial charge in [0.2, 0.25) is 11.6 Å². The van der Waals surface area contributed by atoms with E-state index in [1.807, 2.05) is 0 Å². The number of hydrogen-bond donors (Lipinski definition) is 1. The molecule has 0 aromatic heterocycles. The van der Waals surface area contributed by atoms with Crippen molar-refractivity contribution in [3.05, 3.63) is 70.4 Å². The average Bonchev–Trinajstić information content (AvgIpc) is 2.51. The molecule has 2 aromatic rings. The van der Waals surface area contributed by atoms with Gasteiger partial charge in [-0.3, -0.25) is 9.59 Å². The Morgan fingerprint density at radius 2 is 1.43 bits per heavy atom. The smallest absolute Gasteiger partial charge is 0.230 e. The molecule has 0 atom stereocenters. The lowest BCUT2D eigenvalue weighted by molar-refractivity contribution is 0.0943. The van der Waals surface area contributed by atoms with E-state index in [1.165, 1.54) is 0 Å². The van der Waals surface area contributed by atoms with E-state index < -0.39 is 11.6 Å². The summed E-state index contributed by atoms with van der Waals surface area (Å²) in [6, 6.07) is 13.0. The van der Waals surface area contributed by atoms with Crippen molar-refractivity contribution >= 4 is 28.9 Å². The number of carbonyl (C=O) groups is 2. The number of benzene rings is 2. The van der Waals surface area contributed by atoms with E-state index in [-0.39, 0.29) is 21.9 Å². The van der Waals surface area contributed by atoms with Gasteiger partial charge in [-0.25, -0.2) is 0 Å². The number of fused-ring (bicyclic) bond motifs is 1. The lowest BCUT2D eigenvalue weighted by Crippen LogP contribution is -2.23. The van der Waals surface area contributed by atoms with Crippen LogP contribution in [0.5, 0.6) is 5.75 Å². The van der Waals surface area contributed by atoms with Gasteiger partial charge in [0.15, 0.2) is 5.76 Å². The molecule has 5 heteroatoms. The van der Waals surface area contributed by atoms with E-state index in [2.05, 4.69) is 0 Å². The van der Waals surface area contributed by atoms with Gasteiger partial charge >= 0.3 is 0 Å². The molecule has 1 aliphatic carbocycles. The molecule has 0 aliphatic heterocycles. The predicted molar refractivity (Wildman–Crippen MR) is 79.5 cm³/mol. The maximum absolute atomic E-state index is 12.4. The maximum atomic E-state index is 12.4. The lowest BCUT2D eigenvalue weighted by atomic mass is 9.93. The lowest BCUT2D eigenvalue weighted by Gasteiger charge is -2.17. The molecule has 4 nitrogen and oxygen atoms in total. The fourth-order valence-corrected chi connectivity index (χ4v) is 2.29. The number of Topliss-reactive ketones (excluding diaryl/α,β-unsaturated/α-hetero) is 2. The van der Waals surface area contributed by atoms with Crippen molar-refractivity contribution in [1.82, 2.24) is 0 Å². The van der Waals surface area contributed by atoms with Crippen LogP contribution < -0.4 is 10.5 Å². The third-order valence-corrected chi connectivity index (χ3v) is 3.46. The number of ketones is 2. The van der Waals surface area contributed by atoms with Crippen LogP contribution in [0.3, 0.4) is 0 Å². The van der Waals surface area contributed by atoms with E-state index in [0.29, 0.717) is 11.4 Å². The Labute approximate surface area is 125 Å². The molecule has 0 amide bonds. The Morgan fingerprint density at radius 1 is 0.857 bits per heavy atom. The summed E-state index contributed by atoms with van der Waals surface area (Å²) >= 11 is 6.00. The predicted octanol–water partition coefficient (Wildman–Crippen LogP) is 3.18. The number of halogens is 1. The second-order valence-corrected chi connectivity index (χ2v) is 4.90. The topological polar surface area (TPSA) is 69.4 Å². The second kappa shape index (κ2) is 5.07. The molecule has 104 valence electrons. The summed E-state index contributed by atoms with van der Waals surface area (Å²) in [4.78, 5) is 24.6. The second-order valence-electron chi connectivity index (χ2n) is 4.52. The monoisotopic (exact) mass is 299 g/mol. The van der Waals surface area contributed by atoms with Crippen LogP contribution in [-0.4, -0.2) is 11.6 Å². The standard InChI is InChI=1S/C16H10ClNO3/c17-13-14(19)11-3-1-2-4-12(11)15(20)16(13)21-10-7-5-9(18)6-8-10/h1-8H,18H2. The first-order chi connectivity index (χ1) is 10.1. The van der Waals surface area contributed by atoms with Gasteiger partial charge in [0.1, 0.15) is 10.8 Å². The van der Waals surface area contributed by atoms with Crippen LogP contribution in [0.1, 0.15) is 20.7 Å². The van der Waals surface area contributed by atoms with E-state index in [0.717, 1.165) is 0 Å². The Morgan fingerprint density at radius 3 is 2.05 bits per heavy atom. The molecule has 1 aliphatic rings. The summed E-state index contributed by atoms with van der Waals surface area (Å²) in [5, 5.41) is -0.212. The molecule has 0 fully saturated rings. The number of ether oxygens (including phenoxy) is 1. The van der Waals surface area contributed by atoms with Gasteiger partial charge in [0.25, 0.3) is 0 Å². The number of carbonyl (C=O) groups excluding carboxylic acids is 2. The summed E-state index contributed by atoms with van der Waals surface area (Å²) in [5.41, 5.74) is 6.73. The van der Waals surface area contributed by atoms with Crippen LogP contribution in [0.15, 0.2) is 59.3 Å². The molecule has 2 aromatic carbocycles. The first-order valence-electron chi connectivity index (χ1n) is 6.19. The molecule has 0 unspecified atom stereocenters. The zero-order valence-corrected chi connectivity index (χ0v) is 11.6. The molecule has 0 spiro atoms. The van der Waals surface area contributed by atoms with Gasteiger partial charge in [-0.1, -0.05) is 35.9 Å². The largest absolute Gasteiger partial charge is 0.451 e. The zero-order valence-electron chi connectivity index (χ0n) is 10.8. The molecule has 21 heavy (non-hydrogen) atoms. The highest BCUT2D eigenvalue weighted by Gasteiger charge is 2.32. The van der Waals surface area contributed by atoms with Crippen LogP contribution in [0.2, 0.25) is 0 Å². The van der Waals surface area contributed by atoms with Gasteiger partial charge in [-0.15, -0.1) is 0 Å². The van der Waals surface area contributed by atoms with E-state index >= 15 is 0 Å². The number of nitrogen functional groups attached to an aromatic ring is 1. The quantitative estimate of drug-likeness (QED) is 0.865. The molecule has 0 bridgehead atoms. The molecular formula is C16H10ClNO3. The summed E-state index contributed by atoms with van der Waals surface area (Å²) in [6.07, 6.45) is 0. The van der Waals surface area contributed by atoms with E-state index in [1.54, 1.807) is 48.5 Å². The van der Waals surface area contributed by atoms with Gasteiger partial charge in [0.05, 0.1) is 0 Å². The van der Waals surface area contributed by atoms with Crippen molar-refractivity contribution in [2.45, 2.75) is 0 Å².